The first-order chi connectivity index (χ1) is 5.16. The van der Waals surface area contributed by atoms with Crippen LogP contribution in [0.3, 0.4) is 0 Å². The molecule has 12 heavy (non-hydrogen) atoms. The van der Waals surface area contributed by atoms with Crippen molar-refractivity contribution in [3.8, 4) is 0 Å². The molecule has 0 spiro atoms. The van der Waals surface area contributed by atoms with Crippen molar-refractivity contribution in [3.05, 3.63) is 0 Å². The molecule has 0 aromatic carbocycles. The van der Waals surface area contributed by atoms with Crippen LogP contribution in [-0.4, -0.2) is 16.2 Å². The Morgan fingerprint density at radius 2 is 1.75 bits per heavy atom. The van der Waals surface area contributed by atoms with Gasteiger partial charge in [0.15, 0.2) is 0 Å². The van der Waals surface area contributed by atoms with Gasteiger partial charge >= 0.3 is 0 Å². The Morgan fingerprint density at radius 1 is 1.25 bits per heavy atom. The van der Waals surface area contributed by atoms with E-state index in [-0.39, 0.29) is 5.41 Å². The van der Waals surface area contributed by atoms with Crippen molar-refractivity contribution in [2.45, 2.75) is 58.1 Å². The number of aliphatic hydroxyl groups is 1. The first kappa shape index (κ1) is 10.0. The first-order valence-electron chi connectivity index (χ1n) is 4.68. The molecule has 0 radical (unpaired) electrons. The Hall–Kier alpha value is -0.0800. The molecule has 0 saturated heterocycles. The van der Waals surface area contributed by atoms with Crippen LogP contribution in [0.1, 0.15) is 47.0 Å². The van der Waals surface area contributed by atoms with Crippen molar-refractivity contribution in [1.82, 2.24) is 0 Å². The largest absolute Gasteiger partial charge is 0.388 e. The molecule has 0 aliphatic heterocycles. The maximum Gasteiger partial charge on any atom is 0.0826 e. The molecule has 2 heteroatoms. The Labute approximate surface area is 75.2 Å². The van der Waals surface area contributed by atoms with Gasteiger partial charge in [0.1, 0.15) is 0 Å². The van der Waals surface area contributed by atoms with Crippen molar-refractivity contribution in [1.29, 1.82) is 0 Å². The van der Waals surface area contributed by atoms with E-state index in [4.69, 9.17) is 5.73 Å². The lowest BCUT2D eigenvalue weighted by Crippen LogP contribution is -2.55. The molecule has 1 fully saturated rings. The molecule has 72 valence electrons. The highest BCUT2D eigenvalue weighted by Gasteiger charge is 2.49. The second-order valence-corrected chi connectivity index (χ2v) is 5.59. The van der Waals surface area contributed by atoms with E-state index in [0.717, 1.165) is 19.3 Å². The van der Waals surface area contributed by atoms with Gasteiger partial charge < -0.3 is 10.8 Å². The molecule has 1 unspecified atom stereocenters. The van der Waals surface area contributed by atoms with Crippen LogP contribution in [0.2, 0.25) is 0 Å². The average molecular weight is 171 g/mol. The third-order valence-electron chi connectivity index (χ3n) is 3.19. The predicted molar refractivity (Wildman–Crippen MR) is 50.8 cm³/mol. The third-order valence-corrected chi connectivity index (χ3v) is 3.19. The molecule has 1 atom stereocenters. The zero-order valence-electron chi connectivity index (χ0n) is 8.65. The molecular weight excluding hydrogens is 150 g/mol. The SMILES string of the molecule is CC1(C)CCC(O)(C(C)(C)N)C1. The summed E-state index contributed by atoms with van der Waals surface area (Å²) in [7, 11) is 0. The van der Waals surface area contributed by atoms with Gasteiger partial charge in [0.2, 0.25) is 0 Å². The van der Waals surface area contributed by atoms with Crippen molar-refractivity contribution in [2.24, 2.45) is 11.1 Å². The lowest BCUT2D eigenvalue weighted by Gasteiger charge is -2.37. The first-order valence-corrected chi connectivity index (χ1v) is 4.68. The number of rotatable bonds is 1. The minimum absolute atomic E-state index is 0.255. The second kappa shape index (κ2) is 2.46. The minimum Gasteiger partial charge on any atom is -0.388 e. The van der Waals surface area contributed by atoms with E-state index in [1.54, 1.807) is 0 Å². The van der Waals surface area contributed by atoms with E-state index in [9.17, 15) is 5.11 Å². The quantitative estimate of drug-likeness (QED) is 0.630. The zero-order valence-corrected chi connectivity index (χ0v) is 8.65. The van der Waals surface area contributed by atoms with Crippen molar-refractivity contribution in [2.75, 3.05) is 0 Å². The van der Waals surface area contributed by atoms with Crippen molar-refractivity contribution < 1.29 is 5.11 Å². The minimum atomic E-state index is -0.656. The lowest BCUT2D eigenvalue weighted by molar-refractivity contribution is -0.0228. The standard InChI is InChI=1S/C10H21NO/c1-8(2)5-6-10(12,7-8)9(3,4)11/h12H,5-7,11H2,1-4H3. The predicted octanol–water partition coefficient (Wildman–Crippen LogP) is 1.66. The Kier molecular flexibility index (Phi) is 2.05. The summed E-state index contributed by atoms with van der Waals surface area (Å²) in [5, 5.41) is 10.2. The topological polar surface area (TPSA) is 46.2 Å². The molecular formula is C10H21NO. The molecule has 0 heterocycles. The molecule has 3 N–H and O–H groups in total. The molecule has 0 amide bonds. The highest BCUT2D eigenvalue weighted by Crippen LogP contribution is 2.47. The van der Waals surface area contributed by atoms with Gasteiger partial charge in [-0.05, 0) is 38.5 Å². The third kappa shape index (κ3) is 1.64. The van der Waals surface area contributed by atoms with E-state index >= 15 is 0 Å². The lowest BCUT2D eigenvalue weighted by atomic mass is 9.79. The summed E-state index contributed by atoms with van der Waals surface area (Å²) in [6, 6.07) is 0. The van der Waals surface area contributed by atoms with Gasteiger partial charge in [0.25, 0.3) is 0 Å². The number of hydrogen-bond acceptors (Lipinski definition) is 2. The fourth-order valence-electron chi connectivity index (χ4n) is 2.06. The number of nitrogens with two attached hydrogens (primary N) is 1. The average Bonchev–Trinajstić information content (AvgIpc) is 2.05. The maximum absolute atomic E-state index is 10.2. The summed E-state index contributed by atoms with van der Waals surface area (Å²) in [6.45, 7) is 8.20. The molecule has 1 rings (SSSR count). The molecule has 1 saturated carbocycles. The summed E-state index contributed by atoms with van der Waals surface area (Å²) in [5.74, 6) is 0. The maximum atomic E-state index is 10.2. The second-order valence-electron chi connectivity index (χ2n) is 5.59. The van der Waals surface area contributed by atoms with Crippen molar-refractivity contribution in [3.63, 3.8) is 0 Å². The van der Waals surface area contributed by atoms with E-state index in [2.05, 4.69) is 13.8 Å². The Bertz CT molecular complexity index is 181. The molecule has 0 aromatic rings. The number of hydrogen-bond donors (Lipinski definition) is 2. The van der Waals surface area contributed by atoms with Gasteiger partial charge in [-0.15, -0.1) is 0 Å². The summed E-state index contributed by atoms with van der Waals surface area (Å²) >= 11 is 0. The van der Waals surface area contributed by atoms with Crippen LogP contribution < -0.4 is 5.73 Å². The van der Waals surface area contributed by atoms with E-state index in [0.29, 0.717) is 0 Å². The van der Waals surface area contributed by atoms with Gasteiger partial charge in [-0.25, -0.2) is 0 Å². The van der Waals surface area contributed by atoms with Crippen LogP contribution in [0.15, 0.2) is 0 Å². The molecule has 0 bridgehead atoms. The zero-order chi connectivity index (χ0) is 9.62. The van der Waals surface area contributed by atoms with Gasteiger partial charge in [0.05, 0.1) is 5.60 Å². The monoisotopic (exact) mass is 171 g/mol. The molecule has 1 aliphatic carbocycles. The molecule has 1 aliphatic rings. The van der Waals surface area contributed by atoms with Gasteiger partial charge in [-0.3, -0.25) is 0 Å². The van der Waals surface area contributed by atoms with Gasteiger partial charge in [-0.2, -0.15) is 0 Å². The normalized spacial score (nSPS) is 35.5. The summed E-state index contributed by atoms with van der Waals surface area (Å²) < 4.78 is 0. The van der Waals surface area contributed by atoms with Crippen LogP contribution in [0.5, 0.6) is 0 Å². The smallest absolute Gasteiger partial charge is 0.0826 e. The van der Waals surface area contributed by atoms with Crippen LogP contribution in [0, 0.1) is 5.41 Å². The van der Waals surface area contributed by atoms with E-state index in [1.165, 1.54) is 0 Å². The van der Waals surface area contributed by atoms with E-state index in [1.807, 2.05) is 13.8 Å². The highest BCUT2D eigenvalue weighted by molar-refractivity contribution is 5.05. The van der Waals surface area contributed by atoms with Crippen LogP contribution in [0.4, 0.5) is 0 Å². The fourth-order valence-corrected chi connectivity index (χ4v) is 2.06. The van der Waals surface area contributed by atoms with Gasteiger partial charge in [0, 0.05) is 5.54 Å². The van der Waals surface area contributed by atoms with Crippen LogP contribution in [-0.2, 0) is 0 Å². The molecule has 0 aromatic heterocycles. The Morgan fingerprint density at radius 3 is 1.92 bits per heavy atom. The van der Waals surface area contributed by atoms with Gasteiger partial charge in [-0.1, -0.05) is 13.8 Å². The Balaban J connectivity index is 2.78. The van der Waals surface area contributed by atoms with Crippen molar-refractivity contribution >= 4 is 0 Å². The van der Waals surface area contributed by atoms with E-state index < -0.39 is 11.1 Å². The summed E-state index contributed by atoms with van der Waals surface area (Å²) in [4.78, 5) is 0. The summed E-state index contributed by atoms with van der Waals surface area (Å²) in [6.07, 6.45) is 2.73. The fraction of sp³-hybridized carbons (Fsp3) is 1.00. The highest BCUT2D eigenvalue weighted by atomic mass is 16.3. The van der Waals surface area contributed by atoms with Crippen LogP contribution in [0.25, 0.3) is 0 Å². The van der Waals surface area contributed by atoms with Crippen LogP contribution >= 0.6 is 0 Å². The molecule has 2 nitrogen and oxygen atoms in total. The summed E-state index contributed by atoms with van der Waals surface area (Å²) in [5.41, 5.74) is 5.07.